The van der Waals surface area contributed by atoms with Gasteiger partial charge in [0, 0.05) is 26.2 Å². The van der Waals surface area contributed by atoms with Crippen LogP contribution in [-0.2, 0) is 0 Å². The summed E-state index contributed by atoms with van der Waals surface area (Å²) in [4.78, 5) is 2.37. The molecule has 1 aliphatic rings. The van der Waals surface area contributed by atoms with Crippen LogP contribution >= 0.6 is 0 Å². The van der Waals surface area contributed by atoms with E-state index in [0.29, 0.717) is 11.8 Å². The molecular weight excluding hydrogens is 176 g/mol. The highest BCUT2D eigenvalue weighted by molar-refractivity contribution is 4.80. The van der Waals surface area contributed by atoms with Crippen LogP contribution in [0.15, 0.2) is 0 Å². The zero-order valence-corrected chi connectivity index (χ0v) is 9.45. The van der Waals surface area contributed by atoms with E-state index < -0.39 is 0 Å². The Kier molecular flexibility index (Phi) is 4.85. The van der Waals surface area contributed by atoms with Crippen LogP contribution < -0.4 is 5.73 Å². The third-order valence-corrected chi connectivity index (χ3v) is 3.00. The van der Waals surface area contributed by atoms with Gasteiger partial charge in [-0.1, -0.05) is 13.8 Å². The monoisotopic (exact) mass is 200 g/mol. The molecule has 1 fully saturated rings. The molecule has 2 atom stereocenters. The SMILES string of the molecule is CC(C)C[C@H]1CN(CCN)CC[C@@H]1O. The average molecular weight is 200 g/mol. The van der Waals surface area contributed by atoms with E-state index in [0.717, 1.165) is 39.0 Å². The summed E-state index contributed by atoms with van der Waals surface area (Å²) in [5, 5.41) is 9.85. The van der Waals surface area contributed by atoms with Crippen LogP contribution in [0.1, 0.15) is 26.7 Å². The summed E-state index contributed by atoms with van der Waals surface area (Å²) in [6, 6.07) is 0. The van der Waals surface area contributed by atoms with E-state index in [1.54, 1.807) is 0 Å². The predicted molar refractivity (Wildman–Crippen MR) is 59.1 cm³/mol. The highest BCUT2D eigenvalue weighted by atomic mass is 16.3. The quantitative estimate of drug-likeness (QED) is 0.701. The summed E-state index contributed by atoms with van der Waals surface area (Å²) in [5.41, 5.74) is 5.54. The van der Waals surface area contributed by atoms with Crippen molar-refractivity contribution in [2.45, 2.75) is 32.8 Å². The van der Waals surface area contributed by atoms with E-state index in [1.807, 2.05) is 0 Å². The van der Waals surface area contributed by atoms with E-state index >= 15 is 0 Å². The standard InChI is InChI=1S/C11H24N2O/c1-9(2)7-10-8-13(6-4-12)5-3-11(10)14/h9-11,14H,3-8,12H2,1-2H3/t10-,11-/m0/s1. The van der Waals surface area contributed by atoms with Crippen molar-refractivity contribution in [3.05, 3.63) is 0 Å². The van der Waals surface area contributed by atoms with Gasteiger partial charge in [0.25, 0.3) is 0 Å². The molecule has 0 saturated carbocycles. The van der Waals surface area contributed by atoms with Gasteiger partial charge in [0.2, 0.25) is 0 Å². The number of nitrogens with two attached hydrogens (primary N) is 1. The summed E-state index contributed by atoms with van der Waals surface area (Å²) in [5.74, 6) is 1.13. The highest BCUT2D eigenvalue weighted by Gasteiger charge is 2.27. The van der Waals surface area contributed by atoms with E-state index in [1.165, 1.54) is 0 Å². The topological polar surface area (TPSA) is 49.5 Å². The molecule has 0 spiro atoms. The van der Waals surface area contributed by atoms with Crippen molar-refractivity contribution in [2.75, 3.05) is 26.2 Å². The summed E-state index contributed by atoms with van der Waals surface area (Å²) >= 11 is 0. The number of nitrogens with zero attached hydrogens (tertiary/aromatic N) is 1. The summed E-state index contributed by atoms with van der Waals surface area (Å²) in [7, 11) is 0. The molecule has 0 bridgehead atoms. The maximum Gasteiger partial charge on any atom is 0.0592 e. The lowest BCUT2D eigenvalue weighted by Gasteiger charge is -2.36. The lowest BCUT2D eigenvalue weighted by Crippen LogP contribution is -2.45. The molecule has 14 heavy (non-hydrogen) atoms. The number of hydrogen-bond donors (Lipinski definition) is 2. The van der Waals surface area contributed by atoms with Crippen molar-refractivity contribution < 1.29 is 5.11 Å². The number of hydrogen-bond acceptors (Lipinski definition) is 3. The van der Waals surface area contributed by atoms with Crippen molar-refractivity contribution in [2.24, 2.45) is 17.6 Å². The van der Waals surface area contributed by atoms with Gasteiger partial charge in [-0.05, 0) is 24.7 Å². The molecule has 3 heteroatoms. The van der Waals surface area contributed by atoms with Gasteiger partial charge in [0.1, 0.15) is 0 Å². The smallest absolute Gasteiger partial charge is 0.0592 e. The van der Waals surface area contributed by atoms with E-state index in [2.05, 4.69) is 18.7 Å². The molecule has 1 aliphatic heterocycles. The first-order chi connectivity index (χ1) is 6.63. The normalized spacial score (nSPS) is 29.8. The highest BCUT2D eigenvalue weighted by Crippen LogP contribution is 2.23. The molecule has 84 valence electrons. The summed E-state index contributed by atoms with van der Waals surface area (Å²) in [6.07, 6.45) is 1.95. The molecule has 0 aliphatic carbocycles. The molecule has 3 N–H and O–H groups in total. The van der Waals surface area contributed by atoms with E-state index in [4.69, 9.17) is 5.73 Å². The second-order valence-corrected chi connectivity index (χ2v) is 4.83. The predicted octanol–water partition coefficient (Wildman–Crippen LogP) is 0.674. The van der Waals surface area contributed by atoms with Crippen LogP contribution in [-0.4, -0.2) is 42.3 Å². The fourth-order valence-corrected chi connectivity index (χ4v) is 2.32. The van der Waals surface area contributed by atoms with Crippen LogP contribution in [0.25, 0.3) is 0 Å². The Morgan fingerprint density at radius 2 is 2.21 bits per heavy atom. The largest absolute Gasteiger partial charge is 0.393 e. The molecule has 0 aromatic rings. The van der Waals surface area contributed by atoms with Gasteiger partial charge >= 0.3 is 0 Å². The molecule has 1 saturated heterocycles. The molecule has 0 amide bonds. The Morgan fingerprint density at radius 1 is 1.50 bits per heavy atom. The number of aliphatic hydroxyl groups is 1. The van der Waals surface area contributed by atoms with E-state index in [9.17, 15) is 5.11 Å². The molecule has 1 heterocycles. The Hall–Kier alpha value is -0.120. The van der Waals surface area contributed by atoms with Crippen molar-refractivity contribution in [1.82, 2.24) is 4.90 Å². The molecular formula is C11H24N2O. The van der Waals surface area contributed by atoms with Crippen molar-refractivity contribution in [1.29, 1.82) is 0 Å². The van der Waals surface area contributed by atoms with Crippen molar-refractivity contribution >= 4 is 0 Å². The van der Waals surface area contributed by atoms with Crippen LogP contribution in [0.2, 0.25) is 0 Å². The van der Waals surface area contributed by atoms with Gasteiger partial charge in [-0.25, -0.2) is 0 Å². The zero-order valence-electron chi connectivity index (χ0n) is 9.45. The Morgan fingerprint density at radius 3 is 2.79 bits per heavy atom. The van der Waals surface area contributed by atoms with Gasteiger partial charge in [-0.15, -0.1) is 0 Å². The third-order valence-electron chi connectivity index (χ3n) is 3.00. The number of likely N-dealkylation sites (tertiary alicyclic amines) is 1. The minimum absolute atomic E-state index is 0.0913. The number of aliphatic hydroxyl groups excluding tert-OH is 1. The van der Waals surface area contributed by atoms with Crippen molar-refractivity contribution in [3.63, 3.8) is 0 Å². The molecule has 0 aromatic carbocycles. The minimum Gasteiger partial charge on any atom is -0.393 e. The first-order valence-corrected chi connectivity index (χ1v) is 5.74. The number of piperidine rings is 1. The lowest BCUT2D eigenvalue weighted by molar-refractivity contribution is 0.0188. The fourth-order valence-electron chi connectivity index (χ4n) is 2.32. The first kappa shape index (κ1) is 12.0. The van der Waals surface area contributed by atoms with Crippen LogP contribution in [0.3, 0.4) is 0 Å². The van der Waals surface area contributed by atoms with Crippen LogP contribution in [0, 0.1) is 11.8 Å². The maximum atomic E-state index is 9.85. The van der Waals surface area contributed by atoms with Crippen molar-refractivity contribution in [3.8, 4) is 0 Å². The molecule has 0 unspecified atom stereocenters. The van der Waals surface area contributed by atoms with Gasteiger partial charge in [0.05, 0.1) is 6.10 Å². The fraction of sp³-hybridized carbons (Fsp3) is 1.00. The first-order valence-electron chi connectivity index (χ1n) is 5.74. The maximum absolute atomic E-state index is 9.85. The Bertz CT molecular complexity index is 161. The minimum atomic E-state index is -0.0913. The third kappa shape index (κ3) is 3.56. The van der Waals surface area contributed by atoms with Gasteiger partial charge in [-0.2, -0.15) is 0 Å². The second kappa shape index (κ2) is 5.69. The van der Waals surface area contributed by atoms with Gasteiger partial charge in [0.15, 0.2) is 0 Å². The zero-order chi connectivity index (χ0) is 10.6. The average Bonchev–Trinajstić information content (AvgIpc) is 2.10. The summed E-state index contributed by atoms with van der Waals surface area (Å²) < 4.78 is 0. The van der Waals surface area contributed by atoms with Crippen LogP contribution in [0.5, 0.6) is 0 Å². The number of rotatable bonds is 4. The summed E-state index contributed by atoms with van der Waals surface area (Å²) in [6.45, 7) is 8.17. The second-order valence-electron chi connectivity index (χ2n) is 4.83. The molecule has 1 rings (SSSR count). The van der Waals surface area contributed by atoms with Gasteiger partial charge in [-0.3, -0.25) is 0 Å². The molecule has 0 aromatic heterocycles. The van der Waals surface area contributed by atoms with Crippen LogP contribution in [0.4, 0.5) is 0 Å². The Labute approximate surface area is 87.3 Å². The molecule has 3 nitrogen and oxygen atoms in total. The lowest BCUT2D eigenvalue weighted by atomic mass is 9.87. The molecule has 0 radical (unpaired) electrons. The Balaban J connectivity index is 2.38. The van der Waals surface area contributed by atoms with Gasteiger partial charge < -0.3 is 15.7 Å². The van der Waals surface area contributed by atoms with E-state index in [-0.39, 0.29) is 6.10 Å².